The Hall–Kier alpha value is -4.30. The molecule has 0 fully saturated rings. The predicted molar refractivity (Wildman–Crippen MR) is 131 cm³/mol. The highest BCUT2D eigenvalue weighted by atomic mass is 35.5. The van der Waals surface area contributed by atoms with Crippen molar-refractivity contribution in [2.24, 2.45) is 14.1 Å². The fourth-order valence-corrected chi connectivity index (χ4v) is 4.07. The molecule has 5 aromatic rings. The molecule has 0 unspecified atom stereocenters. The van der Waals surface area contributed by atoms with Gasteiger partial charge in [-0.25, -0.2) is 4.79 Å². The quantitative estimate of drug-likeness (QED) is 0.422. The molecule has 0 spiro atoms. The molecule has 0 aliphatic heterocycles. The molecule has 0 radical (unpaired) electrons. The highest BCUT2D eigenvalue weighted by Gasteiger charge is 2.20. The van der Waals surface area contributed by atoms with Gasteiger partial charge in [-0.05, 0) is 54.1 Å². The van der Waals surface area contributed by atoms with Gasteiger partial charge in [-0.2, -0.15) is 0 Å². The fourth-order valence-electron chi connectivity index (χ4n) is 3.94. The minimum Gasteiger partial charge on any atom is -0.459 e. The van der Waals surface area contributed by atoms with Crippen LogP contribution >= 0.6 is 11.6 Å². The molecule has 170 valence electrons. The van der Waals surface area contributed by atoms with Crippen molar-refractivity contribution in [1.82, 2.24) is 13.7 Å². The van der Waals surface area contributed by atoms with Gasteiger partial charge in [-0.15, -0.1) is 0 Å². The minimum atomic E-state index is -0.409. The largest absolute Gasteiger partial charge is 0.459 e. The number of carbonyl (C=O) groups is 1. The molecule has 0 saturated carbocycles. The smallest absolute Gasteiger partial charge is 0.330 e. The highest BCUT2D eigenvalue weighted by Crippen LogP contribution is 2.32. The standard InChI is InChI=1S/C25H19ClN4O4/c1-28-19-14-30(18-11-9-17(10-12-18)27-23(31)20-4-3-13-34-20)22(15-5-7-16(26)8-6-15)21(19)24(32)29(2)25(28)33/h3-14H,1-2H3,(H,27,31). The van der Waals surface area contributed by atoms with Crippen molar-refractivity contribution in [3.8, 4) is 16.9 Å². The average molecular weight is 475 g/mol. The van der Waals surface area contributed by atoms with Gasteiger partial charge in [0.05, 0.1) is 22.9 Å². The van der Waals surface area contributed by atoms with Gasteiger partial charge in [0.2, 0.25) is 0 Å². The number of nitrogens with one attached hydrogen (secondary N) is 1. The first-order valence-corrected chi connectivity index (χ1v) is 10.8. The van der Waals surface area contributed by atoms with Crippen LogP contribution in [0.1, 0.15) is 10.6 Å². The number of benzene rings is 2. The van der Waals surface area contributed by atoms with E-state index in [0.717, 1.165) is 15.8 Å². The lowest BCUT2D eigenvalue weighted by molar-refractivity contribution is 0.0996. The van der Waals surface area contributed by atoms with Gasteiger partial charge in [0, 0.05) is 36.7 Å². The molecule has 0 aliphatic carbocycles. The number of hydrogen-bond acceptors (Lipinski definition) is 4. The third-order valence-corrected chi connectivity index (χ3v) is 5.96. The molecule has 8 nitrogen and oxygen atoms in total. The number of aryl methyl sites for hydroxylation is 1. The van der Waals surface area contributed by atoms with Crippen LogP contribution in [0, 0.1) is 0 Å². The molecule has 0 aliphatic rings. The molecular formula is C25H19ClN4O4. The third-order valence-electron chi connectivity index (χ3n) is 5.70. The van der Waals surface area contributed by atoms with E-state index in [9.17, 15) is 14.4 Å². The second-order valence-corrected chi connectivity index (χ2v) is 8.24. The summed E-state index contributed by atoms with van der Waals surface area (Å²) in [4.78, 5) is 37.9. The van der Waals surface area contributed by atoms with Crippen molar-refractivity contribution in [3.63, 3.8) is 0 Å². The van der Waals surface area contributed by atoms with Crippen LogP contribution in [0.2, 0.25) is 5.02 Å². The van der Waals surface area contributed by atoms with Crippen LogP contribution in [0.3, 0.4) is 0 Å². The van der Waals surface area contributed by atoms with E-state index in [2.05, 4.69) is 5.32 Å². The lowest BCUT2D eigenvalue weighted by Crippen LogP contribution is -2.36. The van der Waals surface area contributed by atoms with E-state index >= 15 is 0 Å². The summed E-state index contributed by atoms with van der Waals surface area (Å²) in [6, 6.07) is 17.5. The zero-order valence-electron chi connectivity index (χ0n) is 18.3. The Kier molecular flexibility index (Phi) is 5.22. The molecule has 0 atom stereocenters. The Labute approximate surface area is 198 Å². The Bertz CT molecular complexity index is 1640. The summed E-state index contributed by atoms with van der Waals surface area (Å²) in [6.07, 6.45) is 3.20. The second-order valence-electron chi connectivity index (χ2n) is 7.80. The molecule has 9 heteroatoms. The van der Waals surface area contributed by atoms with Crippen LogP contribution < -0.4 is 16.6 Å². The normalized spacial score (nSPS) is 11.1. The van der Waals surface area contributed by atoms with E-state index < -0.39 is 5.69 Å². The van der Waals surface area contributed by atoms with E-state index in [-0.39, 0.29) is 17.2 Å². The summed E-state index contributed by atoms with van der Waals surface area (Å²) in [5.41, 5.74) is 2.44. The van der Waals surface area contributed by atoms with Crippen molar-refractivity contribution < 1.29 is 9.21 Å². The number of furan rings is 1. The topological polar surface area (TPSA) is 91.2 Å². The first-order chi connectivity index (χ1) is 16.3. The zero-order chi connectivity index (χ0) is 24.0. The first-order valence-electron chi connectivity index (χ1n) is 10.4. The molecule has 34 heavy (non-hydrogen) atoms. The summed E-state index contributed by atoms with van der Waals surface area (Å²) in [7, 11) is 3.09. The van der Waals surface area contributed by atoms with Crippen LogP contribution in [-0.2, 0) is 14.1 Å². The van der Waals surface area contributed by atoms with Gasteiger partial charge < -0.3 is 14.3 Å². The lowest BCUT2D eigenvalue weighted by Gasteiger charge is -2.11. The molecule has 3 heterocycles. The number of nitrogens with zero attached hydrogens (tertiary/aromatic N) is 3. The van der Waals surface area contributed by atoms with Crippen molar-refractivity contribution in [2.75, 3.05) is 5.32 Å². The molecule has 0 bridgehead atoms. The maximum absolute atomic E-state index is 13.1. The summed E-state index contributed by atoms with van der Waals surface area (Å²) in [5, 5.41) is 3.77. The first kappa shape index (κ1) is 21.5. The minimum absolute atomic E-state index is 0.211. The maximum Gasteiger partial charge on any atom is 0.330 e. The number of amides is 1. The number of aromatic nitrogens is 3. The highest BCUT2D eigenvalue weighted by molar-refractivity contribution is 6.30. The van der Waals surface area contributed by atoms with Crippen molar-refractivity contribution >= 4 is 34.1 Å². The molecule has 2 aromatic carbocycles. The molecule has 1 amide bonds. The van der Waals surface area contributed by atoms with E-state index in [0.29, 0.717) is 27.3 Å². The number of anilines is 1. The van der Waals surface area contributed by atoms with Gasteiger partial charge in [-0.1, -0.05) is 23.7 Å². The Morgan fingerprint density at radius 1 is 0.941 bits per heavy atom. The molecule has 5 rings (SSSR count). The van der Waals surface area contributed by atoms with Crippen LogP contribution in [0.15, 0.2) is 87.1 Å². The third kappa shape index (κ3) is 3.54. The Morgan fingerprint density at radius 3 is 2.29 bits per heavy atom. The van der Waals surface area contributed by atoms with Crippen LogP contribution in [0.25, 0.3) is 27.8 Å². The van der Waals surface area contributed by atoms with E-state index in [1.54, 1.807) is 49.6 Å². The summed E-state index contributed by atoms with van der Waals surface area (Å²) < 4.78 is 9.52. The number of fused-ring (bicyclic) bond motifs is 1. The predicted octanol–water partition coefficient (Wildman–Crippen LogP) is 4.19. The average Bonchev–Trinajstić information content (AvgIpc) is 3.51. The van der Waals surface area contributed by atoms with Gasteiger partial charge in [0.1, 0.15) is 0 Å². The summed E-state index contributed by atoms with van der Waals surface area (Å²) in [6.45, 7) is 0. The number of carbonyl (C=O) groups excluding carboxylic acids is 1. The SMILES string of the molecule is Cn1c(=O)c2c(-c3ccc(Cl)cc3)n(-c3ccc(NC(=O)c4ccco4)cc3)cc2n(C)c1=O. The lowest BCUT2D eigenvalue weighted by atomic mass is 10.1. The van der Waals surface area contributed by atoms with E-state index in [4.69, 9.17) is 16.0 Å². The maximum atomic E-state index is 13.1. The number of rotatable bonds is 4. The van der Waals surface area contributed by atoms with Gasteiger partial charge >= 0.3 is 5.69 Å². The zero-order valence-corrected chi connectivity index (χ0v) is 19.0. The van der Waals surface area contributed by atoms with Crippen molar-refractivity contribution in [1.29, 1.82) is 0 Å². The van der Waals surface area contributed by atoms with Gasteiger partial charge in [-0.3, -0.25) is 18.7 Å². The van der Waals surface area contributed by atoms with Crippen LogP contribution in [0.4, 0.5) is 5.69 Å². The summed E-state index contributed by atoms with van der Waals surface area (Å²) >= 11 is 6.09. The van der Waals surface area contributed by atoms with E-state index in [1.807, 2.05) is 28.8 Å². The van der Waals surface area contributed by atoms with Gasteiger partial charge in [0.25, 0.3) is 11.5 Å². The number of hydrogen-bond donors (Lipinski definition) is 1. The second kappa shape index (κ2) is 8.24. The van der Waals surface area contributed by atoms with Crippen LogP contribution in [-0.4, -0.2) is 19.6 Å². The Morgan fingerprint density at radius 2 is 1.65 bits per heavy atom. The number of halogens is 1. The fraction of sp³-hybridized carbons (Fsp3) is 0.0800. The summed E-state index contributed by atoms with van der Waals surface area (Å²) in [5.74, 6) is -0.146. The molecule has 0 saturated heterocycles. The molecule has 3 aromatic heterocycles. The molecular weight excluding hydrogens is 456 g/mol. The van der Waals surface area contributed by atoms with Crippen molar-refractivity contribution in [3.05, 3.63) is 105 Å². The van der Waals surface area contributed by atoms with Crippen LogP contribution in [0.5, 0.6) is 0 Å². The molecule has 1 N–H and O–H groups in total. The van der Waals surface area contributed by atoms with Crippen molar-refractivity contribution in [2.45, 2.75) is 0 Å². The van der Waals surface area contributed by atoms with E-state index in [1.165, 1.54) is 17.9 Å². The Balaban J connectivity index is 1.66. The monoisotopic (exact) mass is 474 g/mol. The van der Waals surface area contributed by atoms with Gasteiger partial charge in [0.15, 0.2) is 5.76 Å².